The normalized spacial score (nSPS) is 12.4. The molecule has 21 heavy (non-hydrogen) atoms. The summed E-state index contributed by atoms with van der Waals surface area (Å²) in [4.78, 5) is 30.3. The number of esters is 1. The standard InChI is InChI=1S/C13H19N3O5/c1-13(2,3)21-12(19)16-11-14-6-8(7-15-11)9(17)5-10(18)20-4/h6-7,9,17H,5H2,1-4H3,(H,14,15,16,19)/t9-/m1/s1. The molecule has 1 amide bonds. The van der Waals surface area contributed by atoms with Crippen LogP contribution in [0.25, 0.3) is 0 Å². The third-order valence-corrected chi connectivity index (χ3v) is 2.26. The largest absolute Gasteiger partial charge is 0.469 e. The molecule has 1 rings (SSSR count). The first-order valence-electron chi connectivity index (χ1n) is 6.28. The molecule has 0 radical (unpaired) electrons. The lowest BCUT2D eigenvalue weighted by molar-refractivity contribution is -0.142. The molecule has 116 valence electrons. The number of nitrogens with one attached hydrogen (secondary N) is 1. The number of nitrogens with zero attached hydrogens (tertiary/aromatic N) is 2. The Morgan fingerprint density at radius 2 is 1.90 bits per heavy atom. The SMILES string of the molecule is COC(=O)C[C@@H](O)c1cnc(NC(=O)OC(C)(C)C)nc1. The van der Waals surface area contributed by atoms with E-state index in [9.17, 15) is 14.7 Å². The fourth-order valence-corrected chi connectivity index (χ4v) is 1.33. The molecule has 0 saturated carbocycles. The quantitative estimate of drug-likeness (QED) is 0.808. The van der Waals surface area contributed by atoms with Crippen LogP contribution >= 0.6 is 0 Å². The Kier molecular flexibility index (Phi) is 5.60. The van der Waals surface area contributed by atoms with E-state index in [1.54, 1.807) is 20.8 Å². The molecular formula is C13H19N3O5. The van der Waals surface area contributed by atoms with Crippen molar-refractivity contribution >= 4 is 18.0 Å². The smallest absolute Gasteiger partial charge is 0.414 e. The van der Waals surface area contributed by atoms with Crippen molar-refractivity contribution in [2.45, 2.75) is 38.9 Å². The molecule has 0 aromatic carbocycles. The van der Waals surface area contributed by atoms with Crippen molar-refractivity contribution < 1.29 is 24.2 Å². The van der Waals surface area contributed by atoms with Crippen molar-refractivity contribution in [3.8, 4) is 0 Å². The van der Waals surface area contributed by atoms with Crippen molar-refractivity contribution in [2.24, 2.45) is 0 Å². The molecule has 0 aliphatic rings. The number of aliphatic hydroxyl groups is 1. The summed E-state index contributed by atoms with van der Waals surface area (Å²) in [5, 5.41) is 12.1. The Morgan fingerprint density at radius 3 is 2.38 bits per heavy atom. The van der Waals surface area contributed by atoms with E-state index in [-0.39, 0.29) is 12.4 Å². The summed E-state index contributed by atoms with van der Waals surface area (Å²) >= 11 is 0. The summed E-state index contributed by atoms with van der Waals surface area (Å²) in [6.07, 6.45) is 0.692. The van der Waals surface area contributed by atoms with E-state index in [0.29, 0.717) is 5.56 Å². The molecule has 0 unspecified atom stereocenters. The number of ether oxygens (including phenoxy) is 2. The Labute approximate surface area is 122 Å². The predicted molar refractivity (Wildman–Crippen MR) is 73.5 cm³/mol. The van der Waals surface area contributed by atoms with Crippen LogP contribution in [0.2, 0.25) is 0 Å². The van der Waals surface area contributed by atoms with Crippen LogP contribution in [0.15, 0.2) is 12.4 Å². The van der Waals surface area contributed by atoms with E-state index in [0.717, 1.165) is 0 Å². The molecule has 8 heteroatoms. The van der Waals surface area contributed by atoms with Gasteiger partial charge in [-0.1, -0.05) is 0 Å². The second-order valence-corrected chi connectivity index (χ2v) is 5.26. The Bertz CT molecular complexity index is 496. The van der Waals surface area contributed by atoms with E-state index in [4.69, 9.17) is 4.74 Å². The third kappa shape index (κ3) is 6.17. The lowest BCUT2D eigenvalue weighted by Gasteiger charge is -2.19. The van der Waals surface area contributed by atoms with E-state index in [1.807, 2.05) is 0 Å². The number of carbonyl (C=O) groups excluding carboxylic acids is 2. The summed E-state index contributed by atoms with van der Waals surface area (Å²) in [7, 11) is 1.24. The maximum Gasteiger partial charge on any atom is 0.414 e. The molecule has 0 aliphatic carbocycles. The monoisotopic (exact) mass is 297 g/mol. The minimum absolute atomic E-state index is 0.0401. The van der Waals surface area contributed by atoms with Crippen LogP contribution in [0.4, 0.5) is 10.7 Å². The van der Waals surface area contributed by atoms with Gasteiger partial charge in [-0.15, -0.1) is 0 Å². The number of hydrogen-bond acceptors (Lipinski definition) is 7. The highest BCUT2D eigenvalue weighted by Gasteiger charge is 2.18. The van der Waals surface area contributed by atoms with Crippen molar-refractivity contribution in [1.82, 2.24) is 9.97 Å². The average Bonchev–Trinajstić information content (AvgIpc) is 2.36. The van der Waals surface area contributed by atoms with Gasteiger partial charge in [0.05, 0.1) is 19.6 Å². The average molecular weight is 297 g/mol. The van der Waals surface area contributed by atoms with Gasteiger partial charge in [0.25, 0.3) is 0 Å². The summed E-state index contributed by atoms with van der Waals surface area (Å²) in [5.41, 5.74) is -0.282. The molecular weight excluding hydrogens is 278 g/mol. The van der Waals surface area contributed by atoms with Gasteiger partial charge in [-0.3, -0.25) is 10.1 Å². The summed E-state index contributed by atoms with van der Waals surface area (Å²) in [5.74, 6) is -0.503. The van der Waals surface area contributed by atoms with E-state index >= 15 is 0 Å². The van der Waals surface area contributed by atoms with Gasteiger partial charge in [-0.2, -0.15) is 0 Å². The highest BCUT2D eigenvalue weighted by atomic mass is 16.6. The summed E-state index contributed by atoms with van der Waals surface area (Å²) in [6, 6.07) is 0. The molecule has 1 aromatic rings. The van der Waals surface area contributed by atoms with Gasteiger partial charge < -0.3 is 14.6 Å². The molecule has 0 spiro atoms. The van der Waals surface area contributed by atoms with E-state index in [2.05, 4.69) is 20.0 Å². The zero-order valence-corrected chi connectivity index (χ0v) is 12.4. The number of hydrogen-bond donors (Lipinski definition) is 2. The Balaban J connectivity index is 2.62. The highest BCUT2D eigenvalue weighted by Crippen LogP contribution is 2.16. The molecule has 2 N–H and O–H groups in total. The minimum atomic E-state index is -1.06. The zero-order chi connectivity index (χ0) is 16.0. The summed E-state index contributed by atoms with van der Waals surface area (Å²) in [6.45, 7) is 5.21. The highest BCUT2D eigenvalue weighted by molar-refractivity contribution is 5.82. The van der Waals surface area contributed by atoms with Gasteiger partial charge >= 0.3 is 12.1 Å². The number of aromatic nitrogens is 2. The van der Waals surface area contributed by atoms with Gasteiger partial charge in [0.1, 0.15) is 5.60 Å². The van der Waals surface area contributed by atoms with Crippen molar-refractivity contribution in [2.75, 3.05) is 12.4 Å². The maximum absolute atomic E-state index is 11.5. The summed E-state index contributed by atoms with van der Waals surface area (Å²) < 4.78 is 9.50. The number of amides is 1. The van der Waals surface area contributed by atoms with Crippen LogP contribution in [-0.2, 0) is 14.3 Å². The topological polar surface area (TPSA) is 111 Å². The molecule has 1 heterocycles. The molecule has 0 aliphatic heterocycles. The first-order valence-corrected chi connectivity index (χ1v) is 6.28. The molecule has 1 aromatic heterocycles. The molecule has 8 nitrogen and oxygen atoms in total. The van der Waals surface area contributed by atoms with Crippen molar-refractivity contribution in [1.29, 1.82) is 0 Å². The van der Waals surface area contributed by atoms with E-state index in [1.165, 1.54) is 19.5 Å². The fraction of sp³-hybridized carbons (Fsp3) is 0.538. The number of carbonyl (C=O) groups is 2. The Hall–Kier alpha value is -2.22. The van der Waals surface area contributed by atoms with Crippen LogP contribution in [-0.4, -0.2) is 39.8 Å². The molecule has 0 fully saturated rings. The molecule has 0 saturated heterocycles. The maximum atomic E-state index is 11.5. The second kappa shape index (κ2) is 6.98. The van der Waals surface area contributed by atoms with Crippen LogP contribution < -0.4 is 5.32 Å². The van der Waals surface area contributed by atoms with Gasteiger partial charge in [-0.25, -0.2) is 14.8 Å². The van der Waals surface area contributed by atoms with Crippen molar-refractivity contribution in [3.05, 3.63) is 18.0 Å². The van der Waals surface area contributed by atoms with Gasteiger partial charge in [0.15, 0.2) is 0 Å². The number of methoxy groups -OCH3 is 1. The van der Waals surface area contributed by atoms with Gasteiger partial charge in [0.2, 0.25) is 5.95 Å². The van der Waals surface area contributed by atoms with Crippen LogP contribution in [0.1, 0.15) is 38.9 Å². The van der Waals surface area contributed by atoms with Crippen molar-refractivity contribution in [3.63, 3.8) is 0 Å². The number of anilines is 1. The lowest BCUT2D eigenvalue weighted by atomic mass is 10.1. The van der Waals surface area contributed by atoms with Gasteiger partial charge in [-0.05, 0) is 20.8 Å². The third-order valence-electron chi connectivity index (χ3n) is 2.26. The zero-order valence-electron chi connectivity index (χ0n) is 12.4. The first-order chi connectivity index (χ1) is 9.71. The molecule has 1 atom stereocenters. The van der Waals surface area contributed by atoms with E-state index < -0.39 is 23.8 Å². The lowest BCUT2D eigenvalue weighted by Crippen LogP contribution is -2.27. The first kappa shape index (κ1) is 16.8. The minimum Gasteiger partial charge on any atom is -0.469 e. The van der Waals surface area contributed by atoms with Crippen LogP contribution in [0.3, 0.4) is 0 Å². The van der Waals surface area contributed by atoms with Crippen LogP contribution in [0.5, 0.6) is 0 Å². The predicted octanol–water partition coefficient (Wildman–Crippen LogP) is 1.42. The number of aliphatic hydroxyl groups excluding tert-OH is 1. The van der Waals surface area contributed by atoms with Crippen LogP contribution in [0, 0.1) is 0 Å². The fourth-order valence-electron chi connectivity index (χ4n) is 1.33. The number of rotatable bonds is 4. The second-order valence-electron chi connectivity index (χ2n) is 5.26. The Morgan fingerprint density at radius 1 is 1.33 bits per heavy atom. The molecule has 0 bridgehead atoms. The van der Waals surface area contributed by atoms with Gasteiger partial charge in [0, 0.05) is 18.0 Å².